The molecule has 1 aromatic heterocycles. The molecule has 2 aromatic carbocycles. The third-order valence-electron chi connectivity index (χ3n) is 4.91. The van der Waals surface area contributed by atoms with Gasteiger partial charge < -0.3 is 10.6 Å². The molecular weight excluding hydrogens is 398 g/mol. The number of halogens is 4. The Hall–Kier alpha value is -3.42. The van der Waals surface area contributed by atoms with Crippen LogP contribution in [0.25, 0.3) is 0 Å². The summed E-state index contributed by atoms with van der Waals surface area (Å²) >= 11 is 0. The fourth-order valence-corrected chi connectivity index (χ4v) is 3.54. The van der Waals surface area contributed by atoms with E-state index in [1.165, 1.54) is 18.3 Å². The summed E-state index contributed by atoms with van der Waals surface area (Å²) in [6.07, 6.45) is -2.19. The second-order valence-electron chi connectivity index (χ2n) is 7.00. The van der Waals surface area contributed by atoms with Crippen LogP contribution in [0.5, 0.6) is 0 Å². The van der Waals surface area contributed by atoms with Crippen molar-refractivity contribution in [3.8, 4) is 0 Å². The van der Waals surface area contributed by atoms with E-state index in [1.54, 1.807) is 24.3 Å². The van der Waals surface area contributed by atoms with Crippen LogP contribution in [0.15, 0.2) is 54.7 Å². The van der Waals surface area contributed by atoms with Gasteiger partial charge in [0, 0.05) is 18.4 Å². The third kappa shape index (κ3) is 4.12. The number of anilines is 2. The highest BCUT2D eigenvalue weighted by Crippen LogP contribution is 2.30. The molecule has 0 radical (unpaired) electrons. The number of amides is 1. The number of nitrogens with zero attached hydrogens (tertiary/aromatic N) is 1. The number of alkyl halides is 3. The zero-order chi connectivity index (χ0) is 21.3. The number of hydrogen-bond donors (Lipinski definition) is 2. The Bertz CT molecular complexity index is 1110. The minimum atomic E-state index is -4.41. The summed E-state index contributed by atoms with van der Waals surface area (Å²) in [5.41, 5.74) is 1.75. The van der Waals surface area contributed by atoms with Gasteiger partial charge >= 0.3 is 6.18 Å². The number of carbonyl (C=O) groups excluding carboxylic acids is 1. The molecule has 8 heteroatoms. The summed E-state index contributed by atoms with van der Waals surface area (Å²) in [6.45, 7) is 0.629. The maximum Gasteiger partial charge on any atom is 0.416 e. The molecule has 1 aliphatic rings. The topological polar surface area (TPSA) is 54.0 Å². The Balaban J connectivity index is 1.54. The maximum atomic E-state index is 14.3. The number of hydrogen-bond acceptors (Lipinski definition) is 3. The fourth-order valence-electron chi connectivity index (χ4n) is 3.54. The van der Waals surface area contributed by atoms with Crippen molar-refractivity contribution in [2.45, 2.75) is 19.0 Å². The predicted octanol–water partition coefficient (Wildman–Crippen LogP) is 5.05. The summed E-state index contributed by atoms with van der Waals surface area (Å²) in [5, 5.41) is 5.69. The molecule has 0 bridgehead atoms. The molecule has 2 N–H and O–H groups in total. The minimum absolute atomic E-state index is 0.0254. The molecule has 4 nitrogen and oxygen atoms in total. The van der Waals surface area contributed by atoms with Crippen LogP contribution >= 0.6 is 0 Å². The first kappa shape index (κ1) is 19.9. The molecule has 2 heterocycles. The predicted molar refractivity (Wildman–Crippen MR) is 105 cm³/mol. The van der Waals surface area contributed by atoms with E-state index >= 15 is 0 Å². The SMILES string of the molecule is O=C(Nc1cc(Cc2cccc(C(F)(F)F)c2)ccn1)c1c(F)ccc2c1CCN2. The van der Waals surface area contributed by atoms with Gasteiger partial charge in [0.25, 0.3) is 5.91 Å². The molecule has 30 heavy (non-hydrogen) atoms. The second kappa shape index (κ2) is 7.78. The van der Waals surface area contributed by atoms with Crippen molar-refractivity contribution in [1.82, 2.24) is 4.98 Å². The van der Waals surface area contributed by atoms with Gasteiger partial charge in [0.15, 0.2) is 0 Å². The van der Waals surface area contributed by atoms with E-state index in [2.05, 4.69) is 15.6 Å². The first-order valence-electron chi connectivity index (χ1n) is 9.29. The van der Waals surface area contributed by atoms with E-state index in [9.17, 15) is 22.4 Å². The highest BCUT2D eigenvalue weighted by atomic mass is 19.4. The normalized spacial score (nSPS) is 12.9. The molecule has 3 aromatic rings. The van der Waals surface area contributed by atoms with Gasteiger partial charge in [-0.15, -0.1) is 0 Å². The Kier molecular flexibility index (Phi) is 5.15. The Morgan fingerprint density at radius 2 is 1.90 bits per heavy atom. The molecule has 1 amide bonds. The zero-order valence-electron chi connectivity index (χ0n) is 15.7. The summed E-state index contributed by atoms with van der Waals surface area (Å²) in [5.74, 6) is -1.03. The lowest BCUT2D eigenvalue weighted by atomic mass is 10.0. The lowest BCUT2D eigenvalue weighted by Crippen LogP contribution is -2.17. The molecule has 0 atom stereocenters. The summed E-state index contributed by atoms with van der Waals surface area (Å²) in [6, 6.07) is 11.1. The van der Waals surface area contributed by atoms with Gasteiger partial charge in [-0.05, 0) is 59.9 Å². The van der Waals surface area contributed by atoms with Gasteiger partial charge in [0.2, 0.25) is 0 Å². The number of pyridine rings is 1. The van der Waals surface area contributed by atoms with Crippen LogP contribution in [0.2, 0.25) is 0 Å². The van der Waals surface area contributed by atoms with Crippen molar-refractivity contribution >= 4 is 17.4 Å². The second-order valence-corrected chi connectivity index (χ2v) is 7.00. The van der Waals surface area contributed by atoms with Crippen LogP contribution in [0.3, 0.4) is 0 Å². The van der Waals surface area contributed by atoms with Crippen molar-refractivity contribution in [1.29, 1.82) is 0 Å². The molecule has 0 fully saturated rings. The Labute approximate surface area is 170 Å². The zero-order valence-corrected chi connectivity index (χ0v) is 15.7. The van der Waals surface area contributed by atoms with Crippen LogP contribution in [0.1, 0.15) is 32.6 Å². The van der Waals surface area contributed by atoms with Crippen molar-refractivity contribution < 1.29 is 22.4 Å². The summed E-state index contributed by atoms with van der Waals surface area (Å²) in [7, 11) is 0. The van der Waals surface area contributed by atoms with Crippen LogP contribution in [-0.2, 0) is 19.0 Å². The van der Waals surface area contributed by atoms with Crippen LogP contribution in [-0.4, -0.2) is 17.4 Å². The molecule has 154 valence electrons. The van der Waals surface area contributed by atoms with E-state index in [1.807, 2.05) is 0 Å². The molecule has 1 aliphatic heterocycles. The van der Waals surface area contributed by atoms with Gasteiger partial charge in [-0.1, -0.05) is 18.2 Å². The standard InChI is InChI=1S/C22H17F4N3O/c23-17-4-5-18-16(7-9-27-18)20(17)21(30)29-19-12-14(6-8-28-19)10-13-2-1-3-15(11-13)22(24,25)26/h1-6,8,11-12,27H,7,9-10H2,(H,28,29,30). The quantitative estimate of drug-likeness (QED) is 0.587. The van der Waals surface area contributed by atoms with Gasteiger partial charge in [-0.2, -0.15) is 13.2 Å². The molecule has 0 aliphatic carbocycles. The van der Waals surface area contributed by atoms with E-state index in [0.717, 1.165) is 17.8 Å². The molecular formula is C22H17F4N3O. The number of carbonyl (C=O) groups is 1. The Morgan fingerprint density at radius 1 is 1.10 bits per heavy atom. The van der Waals surface area contributed by atoms with Gasteiger partial charge in [0.05, 0.1) is 11.1 Å². The van der Waals surface area contributed by atoms with Crippen LogP contribution in [0.4, 0.5) is 29.1 Å². The number of rotatable bonds is 4. The summed E-state index contributed by atoms with van der Waals surface area (Å²) in [4.78, 5) is 16.8. The lowest BCUT2D eigenvalue weighted by molar-refractivity contribution is -0.137. The first-order chi connectivity index (χ1) is 14.3. The number of aromatic nitrogens is 1. The smallest absolute Gasteiger partial charge is 0.384 e. The highest BCUT2D eigenvalue weighted by molar-refractivity contribution is 6.06. The van der Waals surface area contributed by atoms with E-state index in [-0.39, 0.29) is 17.8 Å². The third-order valence-corrected chi connectivity index (χ3v) is 4.91. The maximum absolute atomic E-state index is 14.3. The fraction of sp³-hybridized carbons (Fsp3) is 0.182. The summed E-state index contributed by atoms with van der Waals surface area (Å²) < 4.78 is 53.0. The van der Waals surface area contributed by atoms with Crippen molar-refractivity contribution in [3.63, 3.8) is 0 Å². The van der Waals surface area contributed by atoms with Crippen LogP contribution < -0.4 is 10.6 Å². The minimum Gasteiger partial charge on any atom is -0.384 e. The first-order valence-corrected chi connectivity index (χ1v) is 9.29. The van der Waals surface area contributed by atoms with Crippen molar-refractivity contribution in [2.24, 2.45) is 0 Å². The number of fused-ring (bicyclic) bond motifs is 1. The van der Waals surface area contributed by atoms with Gasteiger partial charge in [-0.3, -0.25) is 4.79 Å². The average molecular weight is 415 g/mol. The molecule has 0 unspecified atom stereocenters. The van der Waals surface area contributed by atoms with Gasteiger partial charge in [0.1, 0.15) is 11.6 Å². The van der Waals surface area contributed by atoms with E-state index < -0.39 is 23.5 Å². The van der Waals surface area contributed by atoms with E-state index in [0.29, 0.717) is 29.7 Å². The number of benzene rings is 2. The van der Waals surface area contributed by atoms with Crippen molar-refractivity contribution in [2.75, 3.05) is 17.2 Å². The molecule has 0 saturated carbocycles. The molecule has 0 spiro atoms. The van der Waals surface area contributed by atoms with Crippen molar-refractivity contribution in [3.05, 3.63) is 88.4 Å². The monoisotopic (exact) mass is 415 g/mol. The van der Waals surface area contributed by atoms with Crippen LogP contribution in [0, 0.1) is 5.82 Å². The highest BCUT2D eigenvalue weighted by Gasteiger charge is 2.30. The molecule has 4 rings (SSSR count). The lowest BCUT2D eigenvalue weighted by Gasteiger charge is -2.11. The van der Waals surface area contributed by atoms with E-state index in [4.69, 9.17) is 0 Å². The number of nitrogens with one attached hydrogen (secondary N) is 2. The Morgan fingerprint density at radius 3 is 2.70 bits per heavy atom. The van der Waals surface area contributed by atoms with Gasteiger partial charge in [-0.25, -0.2) is 9.37 Å². The largest absolute Gasteiger partial charge is 0.416 e. The molecule has 0 saturated heterocycles. The average Bonchev–Trinajstić information content (AvgIpc) is 3.16.